The molecule has 0 aliphatic heterocycles. The quantitative estimate of drug-likeness (QED) is 0.359. The smallest absolute Gasteiger partial charge is 0.355 e. The number of aromatic nitrogens is 1. The number of hydrogen-bond donors (Lipinski definition) is 0. The maximum Gasteiger partial charge on any atom is 0.355 e. The minimum Gasteiger partial charge on any atom is -0.464 e. The number of rotatable bonds is 4. The molecular weight excluding hydrogens is 442 g/mol. The molecule has 1 heterocycles. The van der Waals surface area contributed by atoms with Gasteiger partial charge in [0.2, 0.25) is 0 Å². The van der Waals surface area contributed by atoms with Crippen molar-refractivity contribution in [2.45, 2.75) is 13.0 Å². The van der Waals surface area contributed by atoms with Gasteiger partial charge in [0.05, 0.1) is 13.2 Å². The lowest BCUT2D eigenvalue weighted by molar-refractivity contribution is 0.0587. The van der Waals surface area contributed by atoms with Gasteiger partial charge in [-0.15, -0.1) is 0 Å². The average Bonchev–Trinajstić information content (AvgIpc) is 2.79. The average molecular weight is 462 g/mol. The number of benzene rings is 3. The molecule has 0 fully saturated rings. The third kappa shape index (κ3) is 3.46. The predicted octanol–water partition coefficient (Wildman–Crippen LogP) is 5.83. The zero-order valence-electron chi connectivity index (χ0n) is 16.6. The molecule has 0 bridgehead atoms. The van der Waals surface area contributed by atoms with Gasteiger partial charge >= 0.3 is 5.97 Å². The van der Waals surface area contributed by atoms with Crippen LogP contribution in [0.15, 0.2) is 88.1 Å². The Labute approximate surface area is 182 Å². The number of carbonyl (C=O) groups is 1. The standard InChI is InChI=1S/C25H20BrNO3/c1-16(17-9-5-3-6-10-17)27-23(25(29)30-2)22(18-11-7-4-8-12-18)21-15-19(26)13-14-20(21)24(27)28/h3-16H,1-2H3. The van der Waals surface area contributed by atoms with E-state index in [1.807, 2.05) is 79.7 Å². The number of methoxy groups -OCH3 is 1. The molecule has 0 radical (unpaired) electrons. The Morgan fingerprint density at radius 3 is 2.20 bits per heavy atom. The molecule has 1 atom stereocenters. The molecule has 1 aromatic heterocycles. The van der Waals surface area contributed by atoms with Crippen molar-refractivity contribution >= 4 is 32.7 Å². The second-order valence-electron chi connectivity index (χ2n) is 7.03. The van der Waals surface area contributed by atoms with Gasteiger partial charge in [-0.2, -0.15) is 0 Å². The van der Waals surface area contributed by atoms with Crippen LogP contribution < -0.4 is 5.56 Å². The second-order valence-corrected chi connectivity index (χ2v) is 7.95. The lowest BCUT2D eigenvalue weighted by Gasteiger charge is -2.23. The maximum absolute atomic E-state index is 13.6. The van der Waals surface area contributed by atoms with E-state index in [1.165, 1.54) is 7.11 Å². The van der Waals surface area contributed by atoms with Gasteiger partial charge in [0.25, 0.3) is 5.56 Å². The largest absolute Gasteiger partial charge is 0.464 e. The highest BCUT2D eigenvalue weighted by Gasteiger charge is 2.27. The Balaban J connectivity index is 2.19. The van der Waals surface area contributed by atoms with Crippen molar-refractivity contribution in [1.29, 1.82) is 0 Å². The number of carbonyl (C=O) groups excluding carboxylic acids is 1. The van der Waals surface area contributed by atoms with Gasteiger partial charge in [0.15, 0.2) is 0 Å². The van der Waals surface area contributed by atoms with Crippen LogP contribution in [-0.2, 0) is 4.74 Å². The highest BCUT2D eigenvalue weighted by atomic mass is 79.9. The molecular formula is C25H20BrNO3. The molecule has 1 unspecified atom stereocenters. The third-order valence-corrected chi connectivity index (χ3v) is 5.78. The summed E-state index contributed by atoms with van der Waals surface area (Å²) in [6, 6.07) is 24.4. The summed E-state index contributed by atoms with van der Waals surface area (Å²) in [6.07, 6.45) is 0. The van der Waals surface area contributed by atoms with Crippen LogP contribution in [0.25, 0.3) is 21.9 Å². The zero-order chi connectivity index (χ0) is 21.3. The Hall–Kier alpha value is -3.18. The number of ether oxygens (including phenoxy) is 1. The van der Waals surface area contributed by atoms with E-state index in [9.17, 15) is 9.59 Å². The number of pyridine rings is 1. The van der Waals surface area contributed by atoms with Crippen LogP contribution in [-0.4, -0.2) is 17.6 Å². The van der Waals surface area contributed by atoms with Crippen molar-refractivity contribution in [3.8, 4) is 11.1 Å². The van der Waals surface area contributed by atoms with E-state index >= 15 is 0 Å². The highest BCUT2D eigenvalue weighted by molar-refractivity contribution is 9.10. The summed E-state index contributed by atoms with van der Waals surface area (Å²) in [5.74, 6) is -0.546. The van der Waals surface area contributed by atoms with E-state index in [-0.39, 0.29) is 17.3 Å². The van der Waals surface area contributed by atoms with Crippen LogP contribution >= 0.6 is 15.9 Å². The molecule has 4 nitrogen and oxygen atoms in total. The first-order valence-electron chi connectivity index (χ1n) is 9.59. The second kappa shape index (κ2) is 8.28. The number of nitrogens with zero attached hydrogens (tertiary/aromatic N) is 1. The van der Waals surface area contributed by atoms with Crippen LogP contribution in [0.3, 0.4) is 0 Å². The Bertz CT molecular complexity index is 1280. The van der Waals surface area contributed by atoms with Crippen molar-refractivity contribution in [2.24, 2.45) is 0 Å². The molecule has 0 aliphatic carbocycles. The van der Waals surface area contributed by atoms with E-state index in [2.05, 4.69) is 15.9 Å². The van der Waals surface area contributed by atoms with Gasteiger partial charge < -0.3 is 4.74 Å². The van der Waals surface area contributed by atoms with Crippen LogP contribution in [0.4, 0.5) is 0 Å². The highest BCUT2D eigenvalue weighted by Crippen LogP contribution is 2.34. The molecule has 0 saturated heterocycles. The summed E-state index contributed by atoms with van der Waals surface area (Å²) in [4.78, 5) is 26.7. The van der Waals surface area contributed by atoms with Gasteiger partial charge in [0.1, 0.15) is 5.69 Å². The summed E-state index contributed by atoms with van der Waals surface area (Å²) in [7, 11) is 1.34. The normalized spacial score (nSPS) is 12.0. The summed E-state index contributed by atoms with van der Waals surface area (Å²) in [6.45, 7) is 1.92. The Morgan fingerprint density at radius 2 is 1.57 bits per heavy atom. The summed E-state index contributed by atoms with van der Waals surface area (Å²) >= 11 is 3.50. The van der Waals surface area contributed by atoms with Gasteiger partial charge in [-0.05, 0) is 41.6 Å². The molecule has 4 aromatic rings. The van der Waals surface area contributed by atoms with E-state index in [4.69, 9.17) is 4.74 Å². The van der Waals surface area contributed by atoms with Gasteiger partial charge in [-0.1, -0.05) is 76.6 Å². The summed E-state index contributed by atoms with van der Waals surface area (Å²) < 4.78 is 7.53. The lowest BCUT2D eigenvalue weighted by Crippen LogP contribution is -2.31. The van der Waals surface area contributed by atoms with Crippen molar-refractivity contribution in [2.75, 3.05) is 7.11 Å². The molecule has 3 aromatic carbocycles. The van der Waals surface area contributed by atoms with Gasteiger partial charge in [0, 0.05) is 15.4 Å². The molecule has 0 spiro atoms. The van der Waals surface area contributed by atoms with E-state index in [1.54, 1.807) is 10.6 Å². The lowest BCUT2D eigenvalue weighted by atomic mass is 9.95. The molecule has 0 N–H and O–H groups in total. The van der Waals surface area contributed by atoms with Crippen LogP contribution in [0.1, 0.15) is 29.0 Å². The molecule has 5 heteroatoms. The van der Waals surface area contributed by atoms with Crippen molar-refractivity contribution in [1.82, 2.24) is 4.57 Å². The summed E-state index contributed by atoms with van der Waals surface area (Å²) in [5, 5.41) is 1.25. The SMILES string of the molecule is COC(=O)c1c(-c2ccccc2)c2cc(Br)ccc2c(=O)n1C(C)c1ccccc1. The topological polar surface area (TPSA) is 48.3 Å². The van der Waals surface area contributed by atoms with Crippen molar-refractivity contribution in [3.63, 3.8) is 0 Å². The van der Waals surface area contributed by atoms with E-state index in [0.29, 0.717) is 16.3 Å². The molecule has 0 aliphatic rings. The molecule has 0 amide bonds. The first kappa shape index (κ1) is 20.1. The number of halogens is 1. The zero-order valence-corrected chi connectivity index (χ0v) is 18.2. The minimum absolute atomic E-state index is 0.228. The van der Waals surface area contributed by atoms with Crippen molar-refractivity contribution in [3.05, 3.63) is 105 Å². The fraction of sp³-hybridized carbons (Fsp3) is 0.120. The third-order valence-electron chi connectivity index (χ3n) is 5.29. The monoisotopic (exact) mass is 461 g/mol. The molecule has 0 saturated carbocycles. The first-order chi connectivity index (χ1) is 14.5. The van der Waals surface area contributed by atoms with Crippen LogP contribution in [0.2, 0.25) is 0 Å². The van der Waals surface area contributed by atoms with E-state index < -0.39 is 5.97 Å². The predicted molar refractivity (Wildman–Crippen MR) is 123 cm³/mol. The maximum atomic E-state index is 13.6. The van der Waals surface area contributed by atoms with Gasteiger partial charge in [-0.25, -0.2) is 4.79 Å². The molecule has 150 valence electrons. The van der Waals surface area contributed by atoms with Gasteiger partial charge in [-0.3, -0.25) is 9.36 Å². The number of fused-ring (bicyclic) bond motifs is 1. The van der Waals surface area contributed by atoms with Crippen molar-refractivity contribution < 1.29 is 9.53 Å². The fourth-order valence-electron chi connectivity index (χ4n) is 3.83. The number of esters is 1. The Morgan fingerprint density at radius 1 is 0.933 bits per heavy atom. The fourth-order valence-corrected chi connectivity index (χ4v) is 4.19. The number of hydrogen-bond acceptors (Lipinski definition) is 3. The minimum atomic E-state index is -0.546. The summed E-state index contributed by atoms with van der Waals surface area (Å²) in [5.41, 5.74) is 2.47. The van der Waals surface area contributed by atoms with E-state index in [0.717, 1.165) is 15.6 Å². The first-order valence-corrected chi connectivity index (χ1v) is 10.4. The molecule has 30 heavy (non-hydrogen) atoms. The van der Waals surface area contributed by atoms with Crippen LogP contribution in [0, 0.1) is 0 Å². The van der Waals surface area contributed by atoms with Crippen LogP contribution in [0.5, 0.6) is 0 Å². The molecule has 4 rings (SSSR count). The Kier molecular flexibility index (Phi) is 5.55.